The third kappa shape index (κ3) is 2.85. The number of halogens is 2. The number of rotatable bonds is 2. The quantitative estimate of drug-likeness (QED) is 0.874. The average Bonchev–Trinajstić information content (AvgIpc) is 2.36. The van der Waals surface area contributed by atoms with Crippen molar-refractivity contribution in [1.29, 1.82) is 0 Å². The number of anilines is 2. The van der Waals surface area contributed by atoms with Crippen LogP contribution < -0.4 is 11.1 Å². The van der Waals surface area contributed by atoms with E-state index < -0.39 is 17.5 Å². The van der Waals surface area contributed by atoms with Gasteiger partial charge in [0.25, 0.3) is 5.91 Å². The van der Waals surface area contributed by atoms with Gasteiger partial charge in [0.15, 0.2) is 0 Å². The maximum Gasteiger partial charge on any atom is 0.259 e. The monoisotopic (exact) mass is 263 g/mol. The van der Waals surface area contributed by atoms with Crippen molar-refractivity contribution in [1.82, 2.24) is 4.98 Å². The van der Waals surface area contributed by atoms with Crippen molar-refractivity contribution in [2.45, 2.75) is 6.92 Å². The van der Waals surface area contributed by atoms with Gasteiger partial charge in [-0.2, -0.15) is 0 Å². The van der Waals surface area contributed by atoms with E-state index in [0.717, 1.165) is 12.3 Å². The van der Waals surface area contributed by atoms with Crippen LogP contribution in [0.15, 0.2) is 30.5 Å². The topological polar surface area (TPSA) is 68.0 Å². The molecule has 2 aromatic rings. The van der Waals surface area contributed by atoms with Gasteiger partial charge in [0.2, 0.25) is 0 Å². The highest BCUT2D eigenvalue weighted by molar-refractivity contribution is 6.07. The molecule has 98 valence electrons. The number of nitrogens with two attached hydrogens (primary N) is 1. The Balaban J connectivity index is 2.25. The molecule has 1 aromatic carbocycles. The fourth-order valence-electron chi connectivity index (χ4n) is 1.50. The van der Waals surface area contributed by atoms with Gasteiger partial charge in [0, 0.05) is 5.69 Å². The molecule has 3 N–H and O–H groups in total. The standard InChI is InChI=1S/C13H11F2N3O/c1-7-2-3-9(5-11(7)15)18-13(19)10-4-8(14)6-17-12(10)16/h2-6H,1H3,(H2,16,17)(H,18,19). The van der Waals surface area contributed by atoms with Crippen molar-refractivity contribution < 1.29 is 13.6 Å². The van der Waals surface area contributed by atoms with Crippen molar-refractivity contribution in [3.05, 3.63) is 53.2 Å². The number of nitrogen functional groups attached to an aromatic ring is 1. The molecular formula is C13H11F2N3O. The number of aryl methyl sites for hydroxylation is 1. The van der Waals surface area contributed by atoms with E-state index in [-0.39, 0.29) is 17.1 Å². The summed E-state index contributed by atoms with van der Waals surface area (Å²) in [5.41, 5.74) is 6.11. The molecule has 6 heteroatoms. The van der Waals surface area contributed by atoms with Gasteiger partial charge in [-0.05, 0) is 30.7 Å². The van der Waals surface area contributed by atoms with E-state index in [4.69, 9.17) is 5.73 Å². The Kier molecular flexibility index (Phi) is 3.41. The molecule has 2 rings (SSSR count). The van der Waals surface area contributed by atoms with Gasteiger partial charge >= 0.3 is 0 Å². The predicted octanol–water partition coefficient (Wildman–Crippen LogP) is 2.50. The van der Waals surface area contributed by atoms with Gasteiger partial charge < -0.3 is 11.1 Å². The first-order valence-electron chi connectivity index (χ1n) is 5.46. The van der Waals surface area contributed by atoms with Crippen LogP contribution in [0.5, 0.6) is 0 Å². The first kappa shape index (κ1) is 12.9. The van der Waals surface area contributed by atoms with E-state index >= 15 is 0 Å². The Hall–Kier alpha value is -2.50. The highest BCUT2D eigenvalue weighted by Gasteiger charge is 2.12. The third-order valence-corrected chi connectivity index (χ3v) is 2.56. The number of nitrogens with one attached hydrogen (secondary N) is 1. The molecule has 0 aliphatic carbocycles. The van der Waals surface area contributed by atoms with E-state index in [1.165, 1.54) is 12.1 Å². The summed E-state index contributed by atoms with van der Waals surface area (Å²) in [5, 5.41) is 2.43. The van der Waals surface area contributed by atoms with Crippen LogP contribution in [-0.2, 0) is 0 Å². The second kappa shape index (κ2) is 5.01. The second-order valence-corrected chi connectivity index (χ2v) is 4.00. The largest absolute Gasteiger partial charge is 0.383 e. The van der Waals surface area contributed by atoms with E-state index in [2.05, 4.69) is 10.3 Å². The molecule has 0 fully saturated rings. The molecule has 19 heavy (non-hydrogen) atoms. The van der Waals surface area contributed by atoms with Gasteiger partial charge in [-0.3, -0.25) is 4.79 Å². The van der Waals surface area contributed by atoms with Crippen LogP contribution >= 0.6 is 0 Å². The minimum atomic E-state index is -0.672. The van der Waals surface area contributed by atoms with Crippen molar-refractivity contribution in [3.8, 4) is 0 Å². The highest BCUT2D eigenvalue weighted by Crippen LogP contribution is 2.16. The second-order valence-electron chi connectivity index (χ2n) is 4.00. The van der Waals surface area contributed by atoms with Gasteiger partial charge in [0.05, 0.1) is 11.8 Å². The van der Waals surface area contributed by atoms with Crippen molar-refractivity contribution in [2.24, 2.45) is 0 Å². The lowest BCUT2D eigenvalue weighted by Crippen LogP contribution is -2.15. The molecule has 1 aromatic heterocycles. The lowest BCUT2D eigenvalue weighted by molar-refractivity contribution is 0.102. The summed E-state index contributed by atoms with van der Waals surface area (Å²) in [6.45, 7) is 1.61. The number of hydrogen-bond donors (Lipinski definition) is 2. The average molecular weight is 263 g/mol. The summed E-state index contributed by atoms with van der Waals surface area (Å²) in [7, 11) is 0. The maximum absolute atomic E-state index is 13.3. The van der Waals surface area contributed by atoms with Gasteiger partial charge in [-0.25, -0.2) is 13.8 Å². The minimum Gasteiger partial charge on any atom is -0.383 e. The van der Waals surface area contributed by atoms with Gasteiger partial charge in [-0.1, -0.05) is 6.07 Å². The molecule has 0 bridgehead atoms. The number of amides is 1. The normalized spacial score (nSPS) is 10.3. The Morgan fingerprint density at radius 3 is 2.74 bits per heavy atom. The maximum atomic E-state index is 13.3. The smallest absolute Gasteiger partial charge is 0.259 e. The summed E-state index contributed by atoms with van der Waals surface area (Å²) in [6, 6.07) is 5.22. The van der Waals surface area contributed by atoms with Crippen LogP contribution in [0.2, 0.25) is 0 Å². The van der Waals surface area contributed by atoms with Crippen LogP contribution in [0.4, 0.5) is 20.3 Å². The Morgan fingerprint density at radius 2 is 2.05 bits per heavy atom. The van der Waals surface area contributed by atoms with Crippen LogP contribution in [0.3, 0.4) is 0 Å². The van der Waals surface area contributed by atoms with Crippen LogP contribution in [0.25, 0.3) is 0 Å². The fourth-order valence-corrected chi connectivity index (χ4v) is 1.50. The number of carbonyl (C=O) groups is 1. The molecule has 0 radical (unpaired) electrons. The SMILES string of the molecule is Cc1ccc(NC(=O)c2cc(F)cnc2N)cc1F. The van der Waals surface area contributed by atoms with Gasteiger partial charge in [0.1, 0.15) is 17.5 Å². The lowest BCUT2D eigenvalue weighted by atomic mass is 10.2. The minimum absolute atomic E-state index is 0.0912. The summed E-state index contributed by atoms with van der Waals surface area (Å²) in [5.74, 6) is -1.85. The predicted molar refractivity (Wildman–Crippen MR) is 67.7 cm³/mol. The van der Waals surface area contributed by atoms with Crippen LogP contribution in [0, 0.1) is 18.6 Å². The molecule has 1 amide bonds. The number of carbonyl (C=O) groups excluding carboxylic acids is 1. The number of benzene rings is 1. The van der Waals surface area contributed by atoms with E-state index in [9.17, 15) is 13.6 Å². The number of pyridine rings is 1. The summed E-state index contributed by atoms with van der Waals surface area (Å²) in [6.07, 6.45) is 0.914. The van der Waals surface area contributed by atoms with E-state index in [1.54, 1.807) is 13.0 Å². The highest BCUT2D eigenvalue weighted by atomic mass is 19.1. The molecule has 0 saturated heterocycles. The summed E-state index contributed by atoms with van der Waals surface area (Å²) < 4.78 is 26.3. The molecule has 0 unspecified atom stereocenters. The zero-order valence-electron chi connectivity index (χ0n) is 10.1. The first-order valence-corrected chi connectivity index (χ1v) is 5.46. The molecule has 0 aliphatic rings. The van der Waals surface area contributed by atoms with Crippen molar-refractivity contribution in [2.75, 3.05) is 11.1 Å². The zero-order chi connectivity index (χ0) is 14.0. The Bertz CT molecular complexity index is 644. The molecule has 0 atom stereocenters. The molecule has 1 heterocycles. The molecule has 0 saturated carbocycles. The number of nitrogens with zero attached hydrogens (tertiary/aromatic N) is 1. The zero-order valence-corrected chi connectivity index (χ0v) is 10.1. The van der Waals surface area contributed by atoms with Crippen LogP contribution in [-0.4, -0.2) is 10.9 Å². The molecule has 4 nitrogen and oxygen atoms in total. The molecular weight excluding hydrogens is 252 g/mol. The van der Waals surface area contributed by atoms with Crippen LogP contribution in [0.1, 0.15) is 15.9 Å². The number of aromatic nitrogens is 1. The van der Waals surface area contributed by atoms with E-state index in [1.807, 2.05) is 0 Å². The summed E-state index contributed by atoms with van der Waals surface area (Å²) >= 11 is 0. The third-order valence-electron chi connectivity index (χ3n) is 2.56. The van der Waals surface area contributed by atoms with E-state index in [0.29, 0.717) is 5.56 Å². The van der Waals surface area contributed by atoms with Crippen molar-refractivity contribution >= 4 is 17.4 Å². The Labute approximate surface area is 108 Å². The fraction of sp³-hybridized carbons (Fsp3) is 0.0769. The summed E-state index contributed by atoms with van der Waals surface area (Å²) in [4.78, 5) is 15.4. The lowest BCUT2D eigenvalue weighted by Gasteiger charge is -2.07. The van der Waals surface area contributed by atoms with Gasteiger partial charge in [-0.15, -0.1) is 0 Å². The number of hydrogen-bond acceptors (Lipinski definition) is 3. The first-order chi connectivity index (χ1) is 8.97. The van der Waals surface area contributed by atoms with Crippen molar-refractivity contribution in [3.63, 3.8) is 0 Å². The molecule has 0 spiro atoms. The molecule has 0 aliphatic heterocycles. The Morgan fingerprint density at radius 1 is 1.32 bits per heavy atom.